The Morgan fingerprint density at radius 2 is 1.96 bits per heavy atom. The monoisotopic (exact) mass is 325 g/mol. The summed E-state index contributed by atoms with van der Waals surface area (Å²) in [6.45, 7) is -0.123. The van der Waals surface area contributed by atoms with Crippen molar-refractivity contribution >= 4 is 11.6 Å². The Morgan fingerprint density at radius 1 is 1.21 bits per heavy atom. The molecule has 2 aromatic rings. The molecule has 0 radical (unpaired) electrons. The molecule has 1 fully saturated rings. The summed E-state index contributed by atoms with van der Waals surface area (Å²) in [5.41, 5.74) is 2.24. The van der Waals surface area contributed by atoms with E-state index in [9.17, 15) is 9.90 Å². The van der Waals surface area contributed by atoms with Crippen LogP contribution < -0.4 is 10.1 Å². The van der Waals surface area contributed by atoms with Gasteiger partial charge in [0.25, 0.3) is 0 Å². The maximum Gasteiger partial charge on any atom is 0.230 e. The van der Waals surface area contributed by atoms with Gasteiger partial charge in [0.15, 0.2) is 0 Å². The highest BCUT2D eigenvalue weighted by molar-refractivity contribution is 5.96. The number of aliphatic hydroxyl groups excluding tert-OH is 1. The Labute approximate surface area is 142 Å². The summed E-state index contributed by atoms with van der Waals surface area (Å²) in [6.07, 6.45) is 3.68. The summed E-state index contributed by atoms with van der Waals surface area (Å²) >= 11 is 0. The third-order valence-electron chi connectivity index (χ3n) is 4.89. The zero-order valence-electron chi connectivity index (χ0n) is 13.9. The van der Waals surface area contributed by atoms with Crippen LogP contribution in [0.2, 0.25) is 0 Å². The van der Waals surface area contributed by atoms with Gasteiger partial charge in [0.05, 0.1) is 19.1 Å². The number of ether oxygens (including phenoxy) is 1. The van der Waals surface area contributed by atoms with Gasteiger partial charge in [-0.05, 0) is 43.0 Å². The van der Waals surface area contributed by atoms with Crippen LogP contribution in [-0.4, -0.2) is 18.1 Å². The molecule has 0 bridgehead atoms. The summed E-state index contributed by atoms with van der Waals surface area (Å²) in [5.74, 6) is 0.685. The lowest BCUT2D eigenvalue weighted by molar-refractivity contribution is -0.130. The largest absolute Gasteiger partial charge is 0.496 e. The molecule has 0 aliphatic heterocycles. The van der Waals surface area contributed by atoms with Crippen molar-refractivity contribution in [3.05, 3.63) is 59.7 Å². The van der Waals surface area contributed by atoms with Crippen molar-refractivity contribution in [3.8, 4) is 5.75 Å². The van der Waals surface area contributed by atoms with Crippen LogP contribution >= 0.6 is 0 Å². The van der Waals surface area contributed by atoms with Crippen LogP contribution in [0.5, 0.6) is 5.75 Å². The normalized spacial score (nSPS) is 15.4. The lowest BCUT2D eigenvalue weighted by atomic mass is 9.64. The van der Waals surface area contributed by atoms with Crippen molar-refractivity contribution in [2.24, 2.45) is 5.41 Å². The Hall–Kier alpha value is -2.33. The first-order valence-corrected chi connectivity index (χ1v) is 8.30. The molecule has 1 amide bonds. The number of methoxy groups -OCH3 is 1. The maximum atomic E-state index is 12.9. The van der Waals surface area contributed by atoms with Gasteiger partial charge in [-0.2, -0.15) is 0 Å². The number of carbonyl (C=O) groups excluding carboxylic acids is 1. The molecule has 0 heterocycles. The number of hydrogen-bond acceptors (Lipinski definition) is 3. The molecule has 1 aliphatic rings. The predicted octanol–water partition coefficient (Wildman–Crippen LogP) is 3.54. The van der Waals surface area contributed by atoms with E-state index in [-0.39, 0.29) is 17.9 Å². The van der Waals surface area contributed by atoms with Gasteiger partial charge >= 0.3 is 0 Å². The highest BCUT2D eigenvalue weighted by atomic mass is 16.5. The summed E-state index contributed by atoms with van der Waals surface area (Å²) in [7, 11) is 1.57. The lowest BCUT2D eigenvalue weighted by Gasteiger charge is -2.40. The molecule has 0 saturated heterocycles. The number of rotatable bonds is 6. The number of amides is 1. The Bertz CT molecular complexity index is 708. The van der Waals surface area contributed by atoms with Crippen LogP contribution in [-0.2, 0) is 17.8 Å². The molecule has 1 aliphatic carbocycles. The molecule has 0 spiro atoms. The third kappa shape index (κ3) is 3.29. The van der Waals surface area contributed by atoms with E-state index in [1.165, 1.54) is 5.56 Å². The van der Waals surface area contributed by atoms with Gasteiger partial charge in [0.2, 0.25) is 5.91 Å². The molecule has 0 unspecified atom stereocenters. The van der Waals surface area contributed by atoms with Gasteiger partial charge in [-0.3, -0.25) is 4.79 Å². The quantitative estimate of drug-likeness (QED) is 0.854. The lowest BCUT2D eigenvalue weighted by Crippen LogP contribution is -2.43. The molecule has 4 nitrogen and oxygen atoms in total. The fraction of sp³-hybridized carbons (Fsp3) is 0.350. The number of carbonyl (C=O) groups is 1. The Balaban J connectivity index is 1.75. The van der Waals surface area contributed by atoms with Crippen LogP contribution in [0.3, 0.4) is 0 Å². The molecule has 2 aromatic carbocycles. The number of hydrogen-bond donors (Lipinski definition) is 2. The highest BCUT2D eigenvalue weighted by Gasteiger charge is 2.44. The molecule has 3 rings (SSSR count). The summed E-state index contributed by atoms with van der Waals surface area (Å²) in [6, 6.07) is 15.5. The molecule has 2 N–H and O–H groups in total. The van der Waals surface area contributed by atoms with Crippen LogP contribution in [0.1, 0.15) is 30.4 Å². The predicted molar refractivity (Wildman–Crippen MR) is 94.0 cm³/mol. The van der Waals surface area contributed by atoms with Crippen LogP contribution in [0.25, 0.3) is 0 Å². The second-order valence-electron chi connectivity index (χ2n) is 6.44. The van der Waals surface area contributed by atoms with E-state index in [2.05, 4.69) is 17.4 Å². The molecular formula is C20H23NO3. The van der Waals surface area contributed by atoms with Crippen LogP contribution in [0.4, 0.5) is 5.69 Å². The SMILES string of the molecule is COc1ccc(NC(=O)C2(Cc3ccccc3)CCC2)cc1CO. The minimum atomic E-state index is -0.319. The average molecular weight is 325 g/mol. The van der Waals surface area contributed by atoms with E-state index >= 15 is 0 Å². The minimum Gasteiger partial charge on any atom is -0.496 e. The van der Waals surface area contributed by atoms with E-state index < -0.39 is 0 Å². The van der Waals surface area contributed by atoms with E-state index in [1.54, 1.807) is 19.2 Å². The fourth-order valence-electron chi connectivity index (χ4n) is 3.32. The Morgan fingerprint density at radius 3 is 2.54 bits per heavy atom. The molecular weight excluding hydrogens is 302 g/mol. The summed E-state index contributed by atoms with van der Waals surface area (Å²) in [4.78, 5) is 12.9. The van der Waals surface area contributed by atoms with Gasteiger partial charge in [-0.25, -0.2) is 0 Å². The van der Waals surface area contributed by atoms with E-state index in [0.717, 1.165) is 25.7 Å². The second-order valence-corrected chi connectivity index (χ2v) is 6.44. The summed E-state index contributed by atoms with van der Waals surface area (Å²) < 4.78 is 5.20. The van der Waals surface area contributed by atoms with Gasteiger partial charge < -0.3 is 15.2 Å². The zero-order chi connectivity index (χ0) is 17.0. The van der Waals surface area contributed by atoms with Gasteiger partial charge in [0.1, 0.15) is 5.75 Å². The van der Waals surface area contributed by atoms with Crippen molar-refractivity contribution in [2.75, 3.05) is 12.4 Å². The molecule has 24 heavy (non-hydrogen) atoms. The van der Waals surface area contributed by atoms with Crippen molar-refractivity contribution in [3.63, 3.8) is 0 Å². The number of nitrogens with one attached hydrogen (secondary N) is 1. The average Bonchev–Trinajstić information content (AvgIpc) is 2.58. The standard InChI is InChI=1S/C20H23NO3/c1-24-18-9-8-17(12-16(18)14-22)21-19(23)20(10-5-11-20)13-15-6-3-2-4-7-15/h2-4,6-9,12,22H,5,10-11,13-14H2,1H3,(H,21,23). The van der Waals surface area contributed by atoms with Crippen LogP contribution in [0.15, 0.2) is 48.5 Å². The number of benzene rings is 2. The van der Waals surface area contributed by atoms with Crippen molar-refractivity contribution in [2.45, 2.75) is 32.3 Å². The molecule has 4 heteroatoms. The second kappa shape index (κ2) is 7.05. The van der Waals surface area contributed by atoms with E-state index in [1.807, 2.05) is 24.3 Å². The van der Waals surface area contributed by atoms with Gasteiger partial charge in [0, 0.05) is 11.3 Å². The fourth-order valence-corrected chi connectivity index (χ4v) is 3.32. The van der Waals surface area contributed by atoms with E-state index in [4.69, 9.17) is 4.74 Å². The topological polar surface area (TPSA) is 58.6 Å². The Kier molecular flexibility index (Phi) is 4.86. The van der Waals surface area contributed by atoms with E-state index in [0.29, 0.717) is 17.0 Å². The minimum absolute atomic E-state index is 0.0617. The van der Waals surface area contributed by atoms with Crippen molar-refractivity contribution < 1.29 is 14.6 Å². The van der Waals surface area contributed by atoms with Crippen LogP contribution in [0, 0.1) is 5.41 Å². The smallest absolute Gasteiger partial charge is 0.230 e. The first-order valence-electron chi connectivity index (χ1n) is 8.30. The van der Waals surface area contributed by atoms with Crippen molar-refractivity contribution in [1.82, 2.24) is 0 Å². The number of aliphatic hydroxyl groups is 1. The zero-order valence-corrected chi connectivity index (χ0v) is 13.9. The molecule has 126 valence electrons. The maximum absolute atomic E-state index is 12.9. The molecule has 1 saturated carbocycles. The first-order chi connectivity index (χ1) is 11.7. The third-order valence-corrected chi connectivity index (χ3v) is 4.89. The van der Waals surface area contributed by atoms with Gasteiger partial charge in [-0.15, -0.1) is 0 Å². The molecule has 0 aromatic heterocycles. The molecule has 0 atom stereocenters. The van der Waals surface area contributed by atoms with Gasteiger partial charge in [-0.1, -0.05) is 36.8 Å². The number of anilines is 1. The van der Waals surface area contributed by atoms with Crippen molar-refractivity contribution in [1.29, 1.82) is 0 Å². The summed E-state index contributed by atoms with van der Waals surface area (Å²) in [5, 5.41) is 12.5. The first kappa shape index (κ1) is 16.5. The highest BCUT2D eigenvalue weighted by Crippen LogP contribution is 2.44.